The van der Waals surface area contributed by atoms with Crippen molar-refractivity contribution in [3.05, 3.63) is 54.6 Å². The zero-order valence-electron chi connectivity index (χ0n) is 10.2. The highest BCUT2D eigenvalue weighted by molar-refractivity contribution is 14.1. The summed E-state index contributed by atoms with van der Waals surface area (Å²) >= 11 is 1.89. The molecule has 0 spiro atoms. The van der Waals surface area contributed by atoms with E-state index < -0.39 is 11.2 Å². The Kier molecular flexibility index (Phi) is 2.96. The highest BCUT2D eigenvalue weighted by Gasteiger charge is 2.14. The molecule has 0 unspecified atom stereocenters. The van der Waals surface area contributed by atoms with E-state index in [1.54, 1.807) is 17.8 Å². The van der Waals surface area contributed by atoms with Crippen molar-refractivity contribution in [1.82, 2.24) is 19.3 Å². The minimum Gasteiger partial charge on any atom is -0.274 e. The van der Waals surface area contributed by atoms with Crippen molar-refractivity contribution in [2.45, 2.75) is 0 Å². The normalized spacial score (nSPS) is 11.2. The lowest BCUT2D eigenvalue weighted by atomic mass is 10.2. The van der Waals surface area contributed by atoms with Crippen LogP contribution in [0.15, 0.2) is 34.0 Å². The van der Waals surface area contributed by atoms with E-state index in [1.807, 2.05) is 22.6 Å². The third-order valence-electron chi connectivity index (χ3n) is 2.92. The first kappa shape index (κ1) is 13.0. The van der Waals surface area contributed by atoms with Gasteiger partial charge in [0.15, 0.2) is 5.82 Å². The van der Waals surface area contributed by atoms with Gasteiger partial charge in [0.2, 0.25) is 0 Å². The Morgan fingerprint density at radius 3 is 2.80 bits per heavy atom. The number of aromatic nitrogens is 4. The quantitative estimate of drug-likeness (QED) is 0.638. The molecular weight excluding hydrogens is 378 g/mol. The van der Waals surface area contributed by atoms with E-state index in [0.29, 0.717) is 14.5 Å². The van der Waals surface area contributed by atoms with Crippen LogP contribution in [0.1, 0.15) is 0 Å². The summed E-state index contributed by atoms with van der Waals surface area (Å²) in [6.07, 6.45) is 1.32. The van der Waals surface area contributed by atoms with Gasteiger partial charge in [-0.05, 0) is 34.7 Å². The van der Waals surface area contributed by atoms with Crippen LogP contribution >= 0.6 is 22.6 Å². The average molecular weight is 386 g/mol. The predicted octanol–water partition coefficient (Wildman–Crippen LogP) is 1.16. The number of fused-ring (bicyclic) bond motifs is 1. The van der Waals surface area contributed by atoms with Gasteiger partial charge in [0.05, 0.1) is 9.09 Å². The summed E-state index contributed by atoms with van der Waals surface area (Å²) in [6, 6.07) is 4.19. The van der Waals surface area contributed by atoms with Crippen LogP contribution in [0.4, 0.5) is 4.39 Å². The summed E-state index contributed by atoms with van der Waals surface area (Å²) in [5, 5.41) is 4.72. The van der Waals surface area contributed by atoms with Crippen molar-refractivity contribution in [3.8, 4) is 5.82 Å². The van der Waals surface area contributed by atoms with Crippen molar-refractivity contribution < 1.29 is 4.39 Å². The molecule has 2 heterocycles. The van der Waals surface area contributed by atoms with Gasteiger partial charge in [-0.2, -0.15) is 5.10 Å². The zero-order valence-corrected chi connectivity index (χ0v) is 12.4. The van der Waals surface area contributed by atoms with Gasteiger partial charge in [-0.1, -0.05) is 0 Å². The summed E-state index contributed by atoms with van der Waals surface area (Å²) in [5.74, 6) is -0.108. The second kappa shape index (κ2) is 4.54. The molecular formula is C12H8FIN4O2. The number of H-pyrrole nitrogens is 1. The maximum absolute atomic E-state index is 13.7. The van der Waals surface area contributed by atoms with E-state index in [-0.39, 0.29) is 11.6 Å². The number of halogens is 2. The Morgan fingerprint density at radius 2 is 2.10 bits per heavy atom. The van der Waals surface area contributed by atoms with Gasteiger partial charge in [-0.15, -0.1) is 0 Å². The Hall–Kier alpha value is -1.97. The molecule has 102 valence electrons. The van der Waals surface area contributed by atoms with Gasteiger partial charge in [0.25, 0.3) is 5.56 Å². The Labute approximate surface area is 125 Å². The van der Waals surface area contributed by atoms with E-state index in [4.69, 9.17) is 0 Å². The first-order valence-electron chi connectivity index (χ1n) is 5.61. The zero-order chi connectivity index (χ0) is 14.4. The molecule has 0 saturated carbocycles. The summed E-state index contributed by atoms with van der Waals surface area (Å²) < 4.78 is 16.9. The fourth-order valence-electron chi connectivity index (χ4n) is 1.99. The highest BCUT2D eigenvalue weighted by atomic mass is 127. The molecule has 3 rings (SSSR count). The molecule has 1 aromatic carbocycles. The SMILES string of the molecule is Cn1nc(-n2ccc(=O)[nH]c2=O)c2cc(F)c(I)cc21. The molecule has 8 heteroatoms. The Balaban J connectivity index is 2.40. The van der Waals surface area contributed by atoms with Gasteiger partial charge in [-0.3, -0.25) is 19.0 Å². The molecule has 0 atom stereocenters. The molecule has 1 N–H and O–H groups in total. The molecule has 6 nitrogen and oxygen atoms in total. The molecule has 0 aliphatic heterocycles. The van der Waals surface area contributed by atoms with Crippen molar-refractivity contribution in [1.29, 1.82) is 0 Å². The maximum atomic E-state index is 13.7. The van der Waals surface area contributed by atoms with Crippen LogP contribution in [0.5, 0.6) is 0 Å². The van der Waals surface area contributed by atoms with Gasteiger partial charge >= 0.3 is 5.69 Å². The molecule has 0 bridgehead atoms. The molecule has 0 amide bonds. The number of hydrogen-bond acceptors (Lipinski definition) is 3. The van der Waals surface area contributed by atoms with Crippen molar-refractivity contribution in [2.24, 2.45) is 7.05 Å². The lowest BCUT2D eigenvalue weighted by Crippen LogP contribution is -2.27. The standard InChI is InChI=1S/C12H8FIN4O2/c1-17-9-5-8(14)7(13)4-6(9)11(16-17)18-3-2-10(19)15-12(18)20/h2-5H,1H3,(H,15,19,20). The van der Waals surface area contributed by atoms with Gasteiger partial charge in [0.1, 0.15) is 5.82 Å². The first-order chi connectivity index (χ1) is 9.47. The van der Waals surface area contributed by atoms with Gasteiger partial charge in [0, 0.05) is 24.7 Å². The number of rotatable bonds is 1. The molecule has 0 aliphatic carbocycles. The lowest BCUT2D eigenvalue weighted by Gasteiger charge is -2.01. The van der Waals surface area contributed by atoms with Crippen LogP contribution < -0.4 is 11.2 Å². The largest absolute Gasteiger partial charge is 0.334 e. The second-order valence-corrected chi connectivity index (χ2v) is 5.37. The topological polar surface area (TPSA) is 72.7 Å². The van der Waals surface area contributed by atoms with Crippen LogP contribution in [0.3, 0.4) is 0 Å². The third kappa shape index (κ3) is 1.96. The van der Waals surface area contributed by atoms with Crippen LogP contribution in [0.25, 0.3) is 16.7 Å². The number of aryl methyl sites for hydroxylation is 1. The minimum absolute atomic E-state index is 0.277. The summed E-state index contributed by atoms with van der Waals surface area (Å²) in [4.78, 5) is 25.0. The van der Waals surface area contributed by atoms with Crippen LogP contribution in [0, 0.1) is 9.39 Å². The van der Waals surface area contributed by atoms with Crippen LogP contribution in [-0.2, 0) is 7.05 Å². The fourth-order valence-corrected chi connectivity index (χ4v) is 2.45. The third-order valence-corrected chi connectivity index (χ3v) is 3.75. The molecule has 0 saturated heterocycles. The molecule has 2 aromatic heterocycles. The molecule has 0 radical (unpaired) electrons. The van der Waals surface area contributed by atoms with Crippen LogP contribution in [-0.4, -0.2) is 19.3 Å². The highest BCUT2D eigenvalue weighted by Crippen LogP contribution is 2.24. The van der Waals surface area contributed by atoms with E-state index >= 15 is 0 Å². The molecule has 0 aliphatic rings. The van der Waals surface area contributed by atoms with E-state index in [9.17, 15) is 14.0 Å². The van der Waals surface area contributed by atoms with E-state index in [2.05, 4.69) is 10.1 Å². The minimum atomic E-state index is -0.614. The summed E-state index contributed by atoms with van der Waals surface area (Å²) in [7, 11) is 1.70. The predicted molar refractivity (Wildman–Crippen MR) is 79.6 cm³/mol. The maximum Gasteiger partial charge on any atom is 0.334 e. The Bertz CT molecular complexity index is 941. The van der Waals surface area contributed by atoms with Gasteiger partial charge in [-0.25, -0.2) is 9.18 Å². The number of aromatic amines is 1. The van der Waals surface area contributed by atoms with Gasteiger partial charge < -0.3 is 0 Å². The van der Waals surface area contributed by atoms with Crippen molar-refractivity contribution in [3.63, 3.8) is 0 Å². The van der Waals surface area contributed by atoms with E-state index in [1.165, 1.54) is 22.9 Å². The van der Waals surface area contributed by atoms with Crippen molar-refractivity contribution in [2.75, 3.05) is 0 Å². The second-order valence-electron chi connectivity index (χ2n) is 4.21. The smallest absolute Gasteiger partial charge is 0.274 e. The Morgan fingerprint density at radius 1 is 1.35 bits per heavy atom. The summed E-state index contributed by atoms with van der Waals surface area (Å²) in [5.41, 5.74) is -0.410. The number of hydrogen-bond donors (Lipinski definition) is 1. The average Bonchev–Trinajstić information content (AvgIpc) is 2.67. The fraction of sp³-hybridized carbons (Fsp3) is 0.0833. The molecule has 0 fully saturated rings. The van der Waals surface area contributed by atoms with Crippen molar-refractivity contribution >= 4 is 33.5 Å². The molecule has 20 heavy (non-hydrogen) atoms. The number of benzene rings is 1. The monoisotopic (exact) mass is 386 g/mol. The van der Waals surface area contributed by atoms with Crippen LogP contribution in [0.2, 0.25) is 0 Å². The number of nitrogens with zero attached hydrogens (tertiary/aromatic N) is 3. The summed E-state index contributed by atoms with van der Waals surface area (Å²) in [6.45, 7) is 0. The number of nitrogens with one attached hydrogen (secondary N) is 1. The first-order valence-corrected chi connectivity index (χ1v) is 6.69. The lowest BCUT2D eigenvalue weighted by molar-refractivity contribution is 0.622. The van der Waals surface area contributed by atoms with E-state index in [0.717, 1.165) is 0 Å². The molecule has 3 aromatic rings.